The van der Waals surface area contributed by atoms with E-state index < -0.39 is 83.4 Å². The molecule has 42 heavy (non-hydrogen) atoms. The first kappa shape index (κ1) is 30.1. The highest BCUT2D eigenvalue weighted by molar-refractivity contribution is 14.1. The molecule has 2 aliphatic carbocycles. The monoisotopic (exact) mass is 692 g/mol. The second kappa shape index (κ2) is 11.4. The van der Waals surface area contributed by atoms with Crippen LogP contribution in [0.4, 0.5) is 0 Å². The van der Waals surface area contributed by atoms with Crippen LogP contribution in [0.5, 0.6) is 17.2 Å². The summed E-state index contributed by atoms with van der Waals surface area (Å²) in [6.45, 7) is 5.09. The number of fused-ring (bicyclic) bond motifs is 3. The molecular weight excluding hydrogens is 663 g/mol. The molecule has 2 aromatic rings. The largest absolute Gasteiger partial charge is 0.507 e. The molecule has 5 rings (SSSR count). The molecule has 1 saturated heterocycles. The molecule has 3 N–H and O–H groups in total. The molecular formula is C30H29IO11. The van der Waals surface area contributed by atoms with Gasteiger partial charge in [0.1, 0.15) is 22.8 Å². The van der Waals surface area contributed by atoms with Crippen LogP contribution in [0.1, 0.15) is 75.3 Å². The van der Waals surface area contributed by atoms with Gasteiger partial charge in [0.25, 0.3) is 0 Å². The van der Waals surface area contributed by atoms with Crippen LogP contribution in [-0.4, -0.2) is 74.8 Å². The number of carbonyl (C=O) groups is 4. The Kier molecular flexibility index (Phi) is 8.18. The number of benzene rings is 2. The lowest BCUT2D eigenvalue weighted by atomic mass is 9.72. The summed E-state index contributed by atoms with van der Waals surface area (Å²) in [6.07, 6.45) is -2.49. The van der Waals surface area contributed by atoms with Gasteiger partial charge in [-0.15, -0.1) is 0 Å². The fraction of sp³-hybridized carbons (Fsp3) is 0.400. The Labute approximate surface area is 254 Å². The van der Waals surface area contributed by atoms with Crippen molar-refractivity contribution in [3.8, 4) is 17.2 Å². The topological polar surface area (TPSA) is 166 Å². The highest BCUT2D eigenvalue weighted by Gasteiger charge is 2.50. The van der Waals surface area contributed by atoms with Crippen LogP contribution < -0.4 is 4.74 Å². The van der Waals surface area contributed by atoms with E-state index in [1.165, 1.54) is 25.3 Å². The summed E-state index contributed by atoms with van der Waals surface area (Å²) in [5, 5.41) is 34.7. The second-order valence-electron chi connectivity index (χ2n) is 10.7. The Bertz CT molecular complexity index is 1530. The number of halogens is 1. The van der Waals surface area contributed by atoms with Gasteiger partial charge in [0.2, 0.25) is 11.6 Å². The third-order valence-electron chi connectivity index (χ3n) is 7.80. The zero-order valence-corrected chi connectivity index (χ0v) is 25.1. The SMILES string of the molecule is C=C1C[C@H](O[C@H]2C[C@](O)(C(=O)COC(=O)CI)Cc3c(O)c4c(c(O)c32)C(=O)c2c(OC)cccc2C4=O)O[C@@H](C)C1. The summed E-state index contributed by atoms with van der Waals surface area (Å²) in [4.78, 5) is 52.3. The van der Waals surface area contributed by atoms with E-state index in [0.29, 0.717) is 6.42 Å². The first-order chi connectivity index (χ1) is 19.9. The van der Waals surface area contributed by atoms with Crippen LogP contribution in [0.15, 0.2) is 30.4 Å². The molecule has 11 nitrogen and oxygen atoms in total. The van der Waals surface area contributed by atoms with Crippen LogP contribution in [-0.2, 0) is 30.2 Å². The maximum Gasteiger partial charge on any atom is 0.316 e. The van der Waals surface area contributed by atoms with Crippen LogP contribution in [0.25, 0.3) is 0 Å². The van der Waals surface area contributed by atoms with Crippen molar-refractivity contribution in [1.82, 2.24) is 0 Å². The number of aromatic hydroxyl groups is 2. The minimum absolute atomic E-state index is 0.0116. The van der Waals surface area contributed by atoms with Gasteiger partial charge in [-0.05, 0) is 19.4 Å². The summed E-state index contributed by atoms with van der Waals surface area (Å²) >= 11 is 1.77. The zero-order valence-electron chi connectivity index (χ0n) is 22.9. The van der Waals surface area contributed by atoms with Crippen LogP contribution in [0, 0.1) is 0 Å². The molecule has 0 aromatic heterocycles. The average Bonchev–Trinajstić information content (AvgIpc) is 2.94. The lowest BCUT2D eigenvalue weighted by molar-refractivity contribution is -0.214. The molecule has 0 spiro atoms. The van der Waals surface area contributed by atoms with E-state index >= 15 is 0 Å². The number of phenolic OH excluding ortho intramolecular Hbond substituents is 2. The van der Waals surface area contributed by atoms with Gasteiger partial charge in [-0.2, -0.15) is 0 Å². The quantitative estimate of drug-likeness (QED) is 0.109. The summed E-state index contributed by atoms with van der Waals surface area (Å²) in [6, 6.07) is 4.42. The molecule has 0 unspecified atom stereocenters. The Morgan fingerprint density at radius 1 is 1.12 bits per heavy atom. The van der Waals surface area contributed by atoms with Gasteiger partial charge >= 0.3 is 5.97 Å². The normalized spacial score (nSPS) is 24.9. The molecule has 4 atom stereocenters. The Morgan fingerprint density at radius 2 is 1.83 bits per heavy atom. The van der Waals surface area contributed by atoms with Gasteiger partial charge in [-0.3, -0.25) is 19.2 Å². The van der Waals surface area contributed by atoms with E-state index in [2.05, 4.69) is 6.58 Å². The third-order valence-corrected chi connectivity index (χ3v) is 8.42. The van der Waals surface area contributed by atoms with Crippen molar-refractivity contribution in [2.45, 2.75) is 56.7 Å². The number of carbonyl (C=O) groups excluding carboxylic acids is 4. The highest BCUT2D eigenvalue weighted by atomic mass is 127. The molecule has 1 heterocycles. The molecule has 2 aromatic carbocycles. The fourth-order valence-corrected chi connectivity index (χ4v) is 6.13. The van der Waals surface area contributed by atoms with E-state index in [-0.39, 0.29) is 45.0 Å². The molecule has 1 aliphatic heterocycles. The van der Waals surface area contributed by atoms with Crippen LogP contribution in [0.3, 0.4) is 0 Å². The summed E-state index contributed by atoms with van der Waals surface area (Å²) in [5.74, 6) is -4.19. The molecule has 222 valence electrons. The number of hydrogen-bond acceptors (Lipinski definition) is 11. The molecule has 3 aliphatic rings. The standard InChI is InChI=1S/C30H29IO11/c1-13-7-14(2)41-21(8-13)42-18-10-30(38,19(32)12-40-20(33)11-31)9-16-23(18)29(37)25-24(27(16)35)26(34)15-5-4-6-17(39-3)22(15)28(25)36/h4-6,14,18,21,35,37-38H,1,7-12H2,2-3H3/t14-,18-,21-,30-/m0/s1. The second-order valence-corrected chi connectivity index (χ2v) is 11.4. The molecule has 0 amide bonds. The van der Waals surface area contributed by atoms with Gasteiger partial charge in [0.15, 0.2) is 18.7 Å². The van der Waals surface area contributed by atoms with Crippen molar-refractivity contribution in [2.75, 3.05) is 18.1 Å². The minimum Gasteiger partial charge on any atom is -0.507 e. The summed E-state index contributed by atoms with van der Waals surface area (Å²) in [5.41, 5.74) is -2.57. The van der Waals surface area contributed by atoms with E-state index in [4.69, 9.17) is 18.9 Å². The molecule has 12 heteroatoms. The number of ketones is 3. The average molecular weight is 692 g/mol. The minimum atomic E-state index is -2.22. The number of ether oxygens (including phenoxy) is 4. The van der Waals surface area contributed by atoms with Crippen molar-refractivity contribution in [2.24, 2.45) is 0 Å². The van der Waals surface area contributed by atoms with Crippen molar-refractivity contribution >= 4 is 45.9 Å². The number of alkyl halides is 1. The van der Waals surface area contributed by atoms with Gasteiger partial charge in [-0.25, -0.2) is 0 Å². The van der Waals surface area contributed by atoms with Crippen molar-refractivity contribution < 1.29 is 53.4 Å². The Morgan fingerprint density at radius 3 is 2.50 bits per heavy atom. The number of phenols is 2. The van der Waals surface area contributed by atoms with Crippen LogP contribution >= 0.6 is 22.6 Å². The first-order valence-corrected chi connectivity index (χ1v) is 14.7. The zero-order chi connectivity index (χ0) is 30.5. The van der Waals surface area contributed by atoms with E-state index in [1.807, 2.05) is 6.92 Å². The van der Waals surface area contributed by atoms with Gasteiger partial charge < -0.3 is 34.3 Å². The number of hydrogen-bond donors (Lipinski definition) is 3. The lowest BCUT2D eigenvalue weighted by Crippen LogP contribution is -2.48. The predicted octanol–water partition coefficient (Wildman–Crippen LogP) is 3.25. The first-order valence-electron chi connectivity index (χ1n) is 13.2. The number of esters is 1. The van der Waals surface area contributed by atoms with E-state index in [0.717, 1.165) is 5.57 Å². The predicted molar refractivity (Wildman–Crippen MR) is 154 cm³/mol. The maximum absolute atomic E-state index is 13.8. The maximum atomic E-state index is 13.8. The lowest BCUT2D eigenvalue weighted by Gasteiger charge is -2.41. The summed E-state index contributed by atoms with van der Waals surface area (Å²) in [7, 11) is 1.34. The number of Topliss-reactive ketones (excluding diaryl/α,β-unsaturated/α-hetero) is 1. The van der Waals surface area contributed by atoms with E-state index in [9.17, 15) is 34.5 Å². The molecule has 0 saturated carbocycles. The van der Waals surface area contributed by atoms with Gasteiger partial charge in [0.05, 0.1) is 40.4 Å². The third kappa shape index (κ3) is 5.10. The highest BCUT2D eigenvalue weighted by Crippen LogP contribution is 2.52. The molecule has 0 radical (unpaired) electrons. The smallest absolute Gasteiger partial charge is 0.316 e. The number of rotatable bonds is 7. The Hall–Kier alpha value is -3.33. The Balaban J connectivity index is 1.65. The van der Waals surface area contributed by atoms with Gasteiger partial charge in [-0.1, -0.05) is 46.9 Å². The number of methoxy groups -OCH3 is 1. The molecule has 1 fully saturated rings. The van der Waals surface area contributed by atoms with Gasteiger partial charge in [0, 0.05) is 36.0 Å². The van der Waals surface area contributed by atoms with Crippen LogP contribution in [0.2, 0.25) is 0 Å². The van der Waals surface area contributed by atoms with Crippen molar-refractivity contribution in [3.05, 3.63) is 63.7 Å². The van der Waals surface area contributed by atoms with Crippen molar-refractivity contribution in [1.29, 1.82) is 0 Å². The van der Waals surface area contributed by atoms with E-state index in [1.54, 1.807) is 22.6 Å². The number of aliphatic hydroxyl groups is 1. The fourth-order valence-electron chi connectivity index (χ4n) is 5.91. The summed E-state index contributed by atoms with van der Waals surface area (Å²) < 4.78 is 22.3. The molecule has 0 bridgehead atoms. The van der Waals surface area contributed by atoms with Crippen molar-refractivity contribution in [3.63, 3.8) is 0 Å².